The van der Waals surface area contributed by atoms with Gasteiger partial charge in [-0.15, -0.1) is 11.6 Å². The number of fused-ring (bicyclic) bond motifs is 1. The minimum Gasteiger partial charge on any atom is -0.497 e. The van der Waals surface area contributed by atoms with E-state index in [1.807, 2.05) is 0 Å². The number of carbonyl (C=O) groups is 2. The summed E-state index contributed by atoms with van der Waals surface area (Å²) in [6.07, 6.45) is 2.35. The van der Waals surface area contributed by atoms with Gasteiger partial charge in [-0.1, -0.05) is 0 Å². The fraction of sp³-hybridized carbons (Fsp3) is 0.238. The number of hydrogen-bond donors (Lipinski definition) is 0. The average molecular weight is 403 g/mol. The molecule has 3 rings (SSSR count). The van der Waals surface area contributed by atoms with Gasteiger partial charge in [-0.05, 0) is 42.8 Å². The molecule has 0 aromatic heterocycles. The van der Waals surface area contributed by atoms with Crippen molar-refractivity contribution in [2.75, 3.05) is 20.1 Å². The summed E-state index contributed by atoms with van der Waals surface area (Å²) in [5.74, 6) is 1.73. The molecule has 0 unspecified atom stereocenters. The second-order valence-electron chi connectivity index (χ2n) is 5.97. The van der Waals surface area contributed by atoms with Gasteiger partial charge in [0.2, 0.25) is 5.78 Å². The molecule has 1 aliphatic heterocycles. The van der Waals surface area contributed by atoms with Crippen molar-refractivity contribution < 1.29 is 28.5 Å². The molecule has 1 heterocycles. The van der Waals surface area contributed by atoms with E-state index >= 15 is 0 Å². The van der Waals surface area contributed by atoms with E-state index in [2.05, 4.69) is 0 Å². The van der Waals surface area contributed by atoms with E-state index in [4.69, 9.17) is 30.5 Å². The minimum atomic E-state index is -0.387. The van der Waals surface area contributed by atoms with E-state index in [0.29, 0.717) is 46.4 Å². The SMILES string of the molecule is COc1ccc(OC)c(/C=C2/Oc3cc(OC(=O)CCCCl)ccc3C2=O)c1. The predicted molar refractivity (Wildman–Crippen MR) is 105 cm³/mol. The molecular formula is C21H19ClO6. The zero-order valence-electron chi connectivity index (χ0n) is 15.5. The van der Waals surface area contributed by atoms with Crippen LogP contribution in [0.15, 0.2) is 42.2 Å². The van der Waals surface area contributed by atoms with Gasteiger partial charge in [0.25, 0.3) is 0 Å². The van der Waals surface area contributed by atoms with Crippen molar-refractivity contribution in [2.24, 2.45) is 0 Å². The van der Waals surface area contributed by atoms with Crippen LogP contribution in [0.2, 0.25) is 0 Å². The normalized spacial score (nSPS) is 13.8. The summed E-state index contributed by atoms with van der Waals surface area (Å²) < 4.78 is 21.5. The molecule has 0 radical (unpaired) electrons. The smallest absolute Gasteiger partial charge is 0.311 e. The molecule has 6 nitrogen and oxygen atoms in total. The molecule has 0 fully saturated rings. The number of carbonyl (C=O) groups excluding carboxylic acids is 2. The van der Waals surface area contributed by atoms with E-state index < -0.39 is 0 Å². The fourth-order valence-corrected chi connectivity index (χ4v) is 2.85. The highest BCUT2D eigenvalue weighted by molar-refractivity contribution is 6.18. The molecule has 28 heavy (non-hydrogen) atoms. The van der Waals surface area contributed by atoms with Gasteiger partial charge in [-0.2, -0.15) is 0 Å². The highest BCUT2D eigenvalue weighted by Crippen LogP contribution is 2.36. The van der Waals surface area contributed by atoms with Crippen molar-refractivity contribution in [3.63, 3.8) is 0 Å². The molecule has 0 saturated carbocycles. The number of methoxy groups -OCH3 is 2. The number of benzene rings is 2. The quantitative estimate of drug-likeness (QED) is 0.298. The number of ether oxygens (including phenoxy) is 4. The van der Waals surface area contributed by atoms with Crippen molar-refractivity contribution in [3.8, 4) is 23.0 Å². The molecule has 146 valence electrons. The number of hydrogen-bond acceptors (Lipinski definition) is 6. The van der Waals surface area contributed by atoms with Gasteiger partial charge in [0.1, 0.15) is 23.0 Å². The Kier molecular flexibility index (Phi) is 6.21. The fourth-order valence-electron chi connectivity index (χ4n) is 2.72. The van der Waals surface area contributed by atoms with Crippen LogP contribution >= 0.6 is 11.6 Å². The minimum absolute atomic E-state index is 0.146. The third kappa shape index (κ3) is 4.28. The molecule has 0 atom stereocenters. The summed E-state index contributed by atoms with van der Waals surface area (Å²) in [5.41, 5.74) is 1.04. The number of ketones is 1. The number of esters is 1. The summed E-state index contributed by atoms with van der Waals surface area (Å²) in [5, 5.41) is 0. The highest BCUT2D eigenvalue weighted by atomic mass is 35.5. The maximum atomic E-state index is 12.6. The Morgan fingerprint density at radius 1 is 1.11 bits per heavy atom. The number of allylic oxidation sites excluding steroid dienone is 1. The molecule has 2 aromatic carbocycles. The molecule has 0 N–H and O–H groups in total. The number of alkyl halides is 1. The molecule has 0 saturated heterocycles. The van der Waals surface area contributed by atoms with Gasteiger partial charge in [0, 0.05) is 23.9 Å². The number of halogens is 1. The number of Topliss-reactive ketones (excluding diaryl/α,β-unsaturated/α-hetero) is 1. The molecule has 0 amide bonds. The second-order valence-corrected chi connectivity index (χ2v) is 6.35. The monoisotopic (exact) mass is 402 g/mol. The lowest BCUT2D eigenvalue weighted by atomic mass is 10.1. The van der Waals surface area contributed by atoms with Crippen molar-refractivity contribution >= 4 is 29.4 Å². The summed E-state index contributed by atoms with van der Waals surface area (Å²) in [6.45, 7) is 0. The first-order valence-corrected chi connectivity index (χ1v) is 9.16. The maximum absolute atomic E-state index is 12.6. The Labute approximate surface area is 167 Å². The third-order valence-electron chi connectivity index (χ3n) is 4.11. The molecule has 0 spiro atoms. The van der Waals surface area contributed by atoms with Crippen LogP contribution in [0, 0.1) is 0 Å². The van der Waals surface area contributed by atoms with E-state index in [0.717, 1.165) is 0 Å². The first-order valence-electron chi connectivity index (χ1n) is 8.62. The Bertz CT molecular complexity index is 934. The highest BCUT2D eigenvalue weighted by Gasteiger charge is 2.28. The van der Waals surface area contributed by atoms with Gasteiger partial charge in [0.05, 0.1) is 19.8 Å². The average Bonchev–Trinajstić information content (AvgIpc) is 3.01. The zero-order chi connectivity index (χ0) is 20.1. The van der Waals surface area contributed by atoms with Crippen molar-refractivity contribution in [2.45, 2.75) is 12.8 Å². The lowest BCUT2D eigenvalue weighted by Crippen LogP contribution is -2.07. The van der Waals surface area contributed by atoms with Gasteiger partial charge in [-0.3, -0.25) is 9.59 Å². The van der Waals surface area contributed by atoms with Crippen LogP contribution in [0.5, 0.6) is 23.0 Å². The molecular weight excluding hydrogens is 384 g/mol. The third-order valence-corrected chi connectivity index (χ3v) is 4.38. The Morgan fingerprint density at radius 2 is 1.89 bits per heavy atom. The van der Waals surface area contributed by atoms with E-state index in [9.17, 15) is 9.59 Å². The molecule has 1 aliphatic rings. The van der Waals surface area contributed by atoms with Gasteiger partial charge in [-0.25, -0.2) is 0 Å². The van der Waals surface area contributed by atoms with Crippen LogP contribution < -0.4 is 18.9 Å². The summed E-state index contributed by atoms with van der Waals surface area (Å²) in [7, 11) is 3.10. The molecule has 0 aliphatic carbocycles. The van der Waals surface area contributed by atoms with Crippen LogP contribution in [0.4, 0.5) is 0 Å². The summed E-state index contributed by atoms with van der Waals surface area (Å²) in [4.78, 5) is 24.4. The van der Waals surface area contributed by atoms with Crippen LogP contribution in [-0.2, 0) is 4.79 Å². The van der Waals surface area contributed by atoms with Crippen LogP contribution in [0.25, 0.3) is 6.08 Å². The molecule has 0 bridgehead atoms. The molecule has 2 aromatic rings. The predicted octanol–water partition coefficient (Wildman–Crippen LogP) is 4.24. The van der Waals surface area contributed by atoms with E-state index in [1.165, 1.54) is 6.07 Å². The van der Waals surface area contributed by atoms with Crippen LogP contribution in [0.3, 0.4) is 0 Å². The lowest BCUT2D eigenvalue weighted by Gasteiger charge is -2.08. The van der Waals surface area contributed by atoms with Gasteiger partial charge < -0.3 is 18.9 Å². The number of rotatable bonds is 7. The summed E-state index contributed by atoms with van der Waals surface area (Å²) >= 11 is 5.58. The largest absolute Gasteiger partial charge is 0.497 e. The topological polar surface area (TPSA) is 71.1 Å². The maximum Gasteiger partial charge on any atom is 0.311 e. The standard InChI is InChI=1S/C21H19ClO6/c1-25-14-6-8-17(26-2)13(10-14)11-19-21(24)16-7-5-15(12-18(16)28-19)27-20(23)4-3-9-22/h5-8,10-12H,3-4,9H2,1-2H3/b19-11+. The van der Waals surface area contributed by atoms with E-state index in [1.54, 1.807) is 50.6 Å². The Morgan fingerprint density at radius 3 is 2.61 bits per heavy atom. The van der Waals surface area contributed by atoms with Gasteiger partial charge >= 0.3 is 5.97 Å². The Balaban J connectivity index is 1.84. The zero-order valence-corrected chi connectivity index (χ0v) is 16.2. The van der Waals surface area contributed by atoms with Crippen LogP contribution in [0.1, 0.15) is 28.8 Å². The summed E-state index contributed by atoms with van der Waals surface area (Å²) in [6, 6.07) is 9.91. The van der Waals surface area contributed by atoms with Gasteiger partial charge in [0.15, 0.2) is 5.76 Å². The van der Waals surface area contributed by atoms with Crippen molar-refractivity contribution in [1.82, 2.24) is 0 Å². The van der Waals surface area contributed by atoms with Crippen molar-refractivity contribution in [1.29, 1.82) is 0 Å². The second kappa shape index (κ2) is 8.80. The Hall–Kier alpha value is -2.99. The first kappa shape index (κ1) is 19.8. The van der Waals surface area contributed by atoms with E-state index in [-0.39, 0.29) is 23.9 Å². The van der Waals surface area contributed by atoms with Crippen LogP contribution in [-0.4, -0.2) is 31.9 Å². The van der Waals surface area contributed by atoms with Crippen molar-refractivity contribution in [3.05, 3.63) is 53.3 Å². The molecule has 7 heteroatoms. The lowest BCUT2D eigenvalue weighted by molar-refractivity contribution is -0.134. The first-order chi connectivity index (χ1) is 13.5.